The first-order chi connectivity index (χ1) is 8.70. The van der Waals surface area contributed by atoms with Crippen molar-refractivity contribution < 1.29 is 4.79 Å². The number of hydrogen-bond acceptors (Lipinski definition) is 3. The SMILES string of the molecule is CC[C@H](NC(=O)c1ccccc1)c1nc(C)cs1. The predicted octanol–water partition coefficient (Wildman–Crippen LogP) is 3.33. The zero-order valence-electron chi connectivity index (χ0n) is 10.5. The molecule has 0 aliphatic carbocycles. The maximum atomic E-state index is 12.1. The van der Waals surface area contributed by atoms with Crippen LogP contribution in [0.25, 0.3) is 0 Å². The Morgan fingerprint density at radius 2 is 2.11 bits per heavy atom. The van der Waals surface area contributed by atoms with E-state index in [4.69, 9.17) is 0 Å². The highest BCUT2D eigenvalue weighted by Crippen LogP contribution is 2.21. The van der Waals surface area contributed by atoms with E-state index in [-0.39, 0.29) is 11.9 Å². The molecule has 3 nitrogen and oxygen atoms in total. The van der Waals surface area contributed by atoms with Crippen molar-refractivity contribution in [3.8, 4) is 0 Å². The van der Waals surface area contributed by atoms with Gasteiger partial charge in [-0.2, -0.15) is 0 Å². The number of carbonyl (C=O) groups is 1. The minimum atomic E-state index is -0.0460. The lowest BCUT2D eigenvalue weighted by Crippen LogP contribution is -2.28. The summed E-state index contributed by atoms with van der Waals surface area (Å²) in [5.74, 6) is -0.0460. The predicted molar refractivity (Wildman–Crippen MR) is 73.8 cm³/mol. The second-order valence-corrected chi connectivity index (χ2v) is 5.02. The van der Waals surface area contributed by atoms with Crippen LogP contribution in [-0.2, 0) is 0 Å². The van der Waals surface area contributed by atoms with E-state index in [1.165, 1.54) is 0 Å². The summed E-state index contributed by atoms with van der Waals surface area (Å²) in [4.78, 5) is 16.5. The fourth-order valence-electron chi connectivity index (χ4n) is 1.70. The number of rotatable bonds is 4. The molecule has 2 rings (SSSR count). The summed E-state index contributed by atoms with van der Waals surface area (Å²) < 4.78 is 0. The van der Waals surface area contributed by atoms with Gasteiger partial charge >= 0.3 is 0 Å². The zero-order valence-corrected chi connectivity index (χ0v) is 11.3. The number of aryl methyl sites for hydroxylation is 1. The summed E-state index contributed by atoms with van der Waals surface area (Å²) in [6.07, 6.45) is 0.839. The third kappa shape index (κ3) is 2.96. The summed E-state index contributed by atoms with van der Waals surface area (Å²) in [7, 11) is 0. The van der Waals surface area contributed by atoms with Crippen LogP contribution in [0.15, 0.2) is 35.7 Å². The molecule has 0 saturated carbocycles. The molecule has 1 atom stereocenters. The first-order valence-electron chi connectivity index (χ1n) is 5.98. The van der Waals surface area contributed by atoms with Crippen LogP contribution in [0.4, 0.5) is 0 Å². The highest BCUT2D eigenvalue weighted by molar-refractivity contribution is 7.09. The maximum Gasteiger partial charge on any atom is 0.251 e. The van der Waals surface area contributed by atoms with E-state index in [0.29, 0.717) is 5.56 Å². The molecule has 0 aliphatic rings. The van der Waals surface area contributed by atoms with Crippen molar-refractivity contribution in [3.05, 3.63) is 52.0 Å². The Kier molecular flexibility index (Phi) is 4.10. The molecule has 1 aromatic carbocycles. The van der Waals surface area contributed by atoms with E-state index in [9.17, 15) is 4.79 Å². The summed E-state index contributed by atoms with van der Waals surface area (Å²) >= 11 is 1.59. The quantitative estimate of drug-likeness (QED) is 0.916. The second-order valence-electron chi connectivity index (χ2n) is 4.13. The lowest BCUT2D eigenvalue weighted by molar-refractivity contribution is 0.0935. The van der Waals surface area contributed by atoms with Gasteiger partial charge in [0.2, 0.25) is 0 Å². The maximum absolute atomic E-state index is 12.1. The smallest absolute Gasteiger partial charge is 0.251 e. The summed E-state index contributed by atoms with van der Waals surface area (Å²) in [5.41, 5.74) is 1.69. The van der Waals surface area contributed by atoms with Crippen molar-refractivity contribution in [2.45, 2.75) is 26.3 Å². The molecule has 1 aromatic heterocycles. The Bertz CT molecular complexity index is 522. The number of carbonyl (C=O) groups excluding carboxylic acids is 1. The van der Waals surface area contributed by atoms with Gasteiger partial charge in [0.25, 0.3) is 5.91 Å². The van der Waals surface area contributed by atoms with Crippen LogP contribution in [-0.4, -0.2) is 10.9 Å². The van der Waals surface area contributed by atoms with E-state index in [2.05, 4.69) is 10.3 Å². The summed E-state index contributed by atoms with van der Waals surface area (Å²) in [5, 5.41) is 6.00. The standard InChI is InChI=1S/C14H16N2OS/c1-3-12(14-15-10(2)9-18-14)16-13(17)11-7-5-4-6-8-11/h4-9,12H,3H2,1-2H3,(H,16,17)/t12-/m0/s1. The first kappa shape index (κ1) is 12.8. The molecule has 0 aliphatic heterocycles. The van der Waals surface area contributed by atoms with Gasteiger partial charge in [0.1, 0.15) is 5.01 Å². The lowest BCUT2D eigenvalue weighted by atomic mass is 10.2. The van der Waals surface area contributed by atoms with Crippen LogP contribution in [0.1, 0.15) is 40.4 Å². The van der Waals surface area contributed by atoms with E-state index in [0.717, 1.165) is 17.1 Å². The number of nitrogens with one attached hydrogen (secondary N) is 1. The van der Waals surface area contributed by atoms with E-state index in [1.807, 2.05) is 49.6 Å². The molecule has 0 radical (unpaired) electrons. The minimum Gasteiger partial charge on any atom is -0.343 e. The lowest BCUT2D eigenvalue weighted by Gasteiger charge is -2.14. The highest BCUT2D eigenvalue weighted by Gasteiger charge is 2.16. The van der Waals surface area contributed by atoms with Crippen molar-refractivity contribution in [3.63, 3.8) is 0 Å². The monoisotopic (exact) mass is 260 g/mol. The van der Waals surface area contributed by atoms with Crippen LogP contribution in [0.5, 0.6) is 0 Å². The number of aromatic nitrogens is 1. The molecule has 0 fully saturated rings. The van der Waals surface area contributed by atoms with E-state index >= 15 is 0 Å². The van der Waals surface area contributed by atoms with Gasteiger partial charge in [0.15, 0.2) is 0 Å². The molecule has 0 bridgehead atoms. The number of benzene rings is 1. The van der Waals surface area contributed by atoms with Gasteiger partial charge in [0.05, 0.1) is 6.04 Å². The molecule has 1 amide bonds. The first-order valence-corrected chi connectivity index (χ1v) is 6.86. The molecule has 18 heavy (non-hydrogen) atoms. The summed E-state index contributed by atoms with van der Waals surface area (Å²) in [6.45, 7) is 4.01. The third-order valence-corrected chi connectivity index (χ3v) is 3.76. The number of amides is 1. The molecule has 94 valence electrons. The number of thiazole rings is 1. The fraction of sp³-hybridized carbons (Fsp3) is 0.286. The van der Waals surface area contributed by atoms with Gasteiger partial charge in [-0.25, -0.2) is 4.98 Å². The van der Waals surface area contributed by atoms with Crippen LogP contribution in [0.2, 0.25) is 0 Å². The number of nitrogens with zero attached hydrogens (tertiary/aromatic N) is 1. The Balaban J connectivity index is 2.10. The van der Waals surface area contributed by atoms with Gasteiger partial charge in [-0.3, -0.25) is 4.79 Å². The third-order valence-electron chi connectivity index (χ3n) is 2.68. The Hall–Kier alpha value is -1.68. The van der Waals surface area contributed by atoms with Crippen molar-refractivity contribution in [1.29, 1.82) is 0 Å². The number of hydrogen-bond donors (Lipinski definition) is 1. The molecule has 0 spiro atoms. The Labute approximate surface area is 111 Å². The molecule has 0 saturated heterocycles. The molecule has 1 heterocycles. The van der Waals surface area contributed by atoms with Crippen molar-refractivity contribution in [2.24, 2.45) is 0 Å². The van der Waals surface area contributed by atoms with Gasteiger partial charge in [-0.1, -0.05) is 25.1 Å². The van der Waals surface area contributed by atoms with Crippen LogP contribution < -0.4 is 5.32 Å². The van der Waals surface area contributed by atoms with Crippen molar-refractivity contribution in [2.75, 3.05) is 0 Å². The van der Waals surface area contributed by atoms with Gasteiger partial charge in [-0.15, -0.1) is 11.3 Å². The fourth-order valence-corrected chi connectivity index (χ4v) is 2.63. The van der Waals surface area contributed by atoms with Crippen LogP contribution >= 0.6 is 11.3 Å². The molecular formula is C14H16N2OS. The Morgan fingerprint density at radius 3 is 2.67 bits per heavy atom. The van der Waals surface area contributed by atoms with E-state index in [1.54, 1.807) is 11.3 Å². The van der Waals surface area contributed by atoms with Gasteiger partial charge in [-0.05, 0) is 25.5 Å². The largest absolute Gasteiger partial charge is 0.343 e. The highest BCUT2D eigenvalue weighted by atomic mass is 32.1. The zero-order chi connectivity index (χ0) is 13.0. The average molecular weight is 260 g/mol. The van der Waals surface area contributed by atoms with Crippen LogP contribution in [0.3, 0.4) is 0 Å². The normalized spacial score (nSPS) is 12.1. The van der Waals surface area contributed by atoms with Gasteiger partial charge < -0.3 is 5.32 Å². The Morgan fingerprint density at radius 1 is 1.39 bits per heavy atom. The topological polar surface area (TPSA) is 42.0 Å². The average Bonchev–Trinajstić information content (AvgIpc) is 2.83. The van der Waals surface area contributed by atoms with Crippen LogP contribution in [0, 0.1) is 6.92 Å². The van der Waals surface area contributed by atoms with Crippen molar-refractivity contribution >= 4 is 17.2 Å². The van der Waals surface area contributed by atoms with Crippen molar-refractivity contribution in [1.82, 2.24) is 10.3 Å². The molecule has 4 heteroatoms. The van der Waals surface area contributed by atoms with E-state index < -0.39 is 0 Å². The molecular weight excluding hydrogens is 244 g/mol. The minimum absolute atomic E-state index is 0.00333. The molecule has 2 aromatic rings. The van der Waals surface area contributed by atoms with Gasteiger partial charge in [0, 0.05) is 16.6 Å². The molecule has 0 unspecified atom stereocenters. The second kappa shape index (κ2) is 5.78. The molecule has 1 N–H and O–H groups in total. The summed E-state index contributed by atoms with van der Waals surface area (Å²) in [6, 6.07) is 9.26.